The Hall–Kier alpha value is -6.19. The van der Waals surface area contributed by atoms with Gasteiger partial charge in [-0.05, 0) is 47.5 Å². The van der Waals surface area contributed by atoms with Crippen LogP contribution in [0.5, 0.6) is 0 Å². The predicted octanol–water partition coefficient (Wildman–Crippen LogP) is 9.63. The average Bonchev–Trinajstić information content (AvgIpc) is 3.14. The third-order valence-corrected chi connectivity index (χ3v) is 8.79. The second-order valence-electron chi connectivity index (χ2n) is 11.8. The van der Waals surface area contributed by atoms with Gasteiger partial charge in [0.1, 0.15) is 0 Å². The molecule has 47 heavy (non-hydrogen) atoms. The van der Waals surface area contributed by atoms with Crippen molar-refractivity contribution in [2.24, 2.45) is 0 Å². The number of benzene rings is 5. The molecule has 222 valence electrons. The van der Waals surface area contributed by atoms with E-state index in [1.165, 1.54) is 0 Å². The van der Waals surface area contributed by atoms with Crippen molar-refractivity contribution >= 4 is 50.9 Å². The quantitative estimate of drug-likeness (QED) is 0.184. The van der Waals surface area contributed by atoms with Crippen LogP contribution in [0.25, 0.3) is 84.7 Å². The fourth-order valence-electron chi connectivity index (χ4n) is 6.12. The summed E-state index contributed by atoms with van der Waals surface area (Å²) in [6.07, 6.45) is 4.30. The van der Waals surface area contributed by atoms with Crippen molar-refractivity contribution in [3.05, 3.63) is 168 Å². The predicted molar refractivity (Wildman–Crippen MR) is 198 cm³/mol. The Balaban J connectivity index is 1.15. The van der Waals surface area contributed by atoms with Crippen molar-refractivity contribution in [2.45, 2.75) is 6.92 Å². The van der Waals surface area contributed by atoms with E-state index >= 15 is 0 Å². The van der Waals surface area contributed by atoms with Crippen molar-refractivity contribution in [2.75, 3.05) is 0 Å². The Morgan fingerprint density at radius 2 is 0.957 bits per heavy atom. The summed E-state index contributed by atoms with van der Waals surface area (Å²) in [6, 6.07) is 50.3. The molecule has 0 aliphatic carbocycles. The maximum absolute atomic E-state index is 5.17. The zero-order chi connectivity index (χ0) is 31.7. The summed E-state index contributed by atoms with van der Waals surface area (Å²) in [7, 11) is 0. The van der Waals surface area contributed by atoms with Gasteiger partial charge in [0.15, 0.2) is 0 Å². The number of aromatic nitrogens is 3. The van der Waals surface area contributed by atoms with Gasteiger partial charge in [-0.25, -0.2) is 15.0 Å². The van der Waals surface area contributed by atoms with Crippen LogP contribution >= 0.6 is 0 Å². The molecular weight excluding hydrogens is 571 g/mol. The molecule has 3 aromatic heterocycles. The Morgan fingerprint density at radius 3 is 1.55 bits per heavy atom. The monoisotopic (exact) mass is 601 g/mol. The number of hydrogen-bond acceptors (Lipinski definition) is 3. The maximum Gasteiger partial charge on any atom is 0.0972 e. The molecule has 0 unspecified atom stereocenters. The van der Waals surface area contributed by atoms with E-state index in [1.54, 1.807) is 0 Å². The lowest BCUT2D eigenvalue weighted by molar-refractivity contribution is 1.36. The van der Waals surface area contributed by atoms with Gasteiger partial charge in [-0.3, -0.25) is 0 Å². The van der Waals surface area contributed by atoms with Gasteiger partial charge < -0.3 is 0 Å². The van der Waals surface area contributed by atoms with E-state index in [9.17, 15) is 0 Å². The van der Waals surface area contributed by atoms with Gasteiger partial charge in [0.05, 0.1) is 33.6 Å². The number of allylic oxidation sites excluding steroid dienone is 2. The van der Waals surface area contributed by atoms with Gasteiger partial charge in [-0.2, -0.15) is 0 Å². The molecular formula is C44H31N3. The molecule has 0 amide bonds. The summed E-state index contributed by atoms with van der Waals surface area (Å²) in [6.45, 7) is 6.56. The number of nitrogens with zero attached hydrogens (tertiary/aromatic N) is 3. The first-order chi connectivity index (χ1) is 23.1. The molecule has 0 aliphatic heterocycles. The summed E-state index contributed by atoms with van der Waals surface area (Å²) in [4.78, 5) is 15.2. The van der Waals surface area contributed by atoms with E-state index in [2.05, 4.69) is 135 Å². The zero-order valence-corrected chi connectivity index (χ0v) is 26.1. The molecule has 0 saturated heterocycles. The van der Waals surface area contributed by atoms with Crippen LogP contribution < -0.4 is 10.4 Å². The van der Waals surface area contributed by atoms with Crippen LogP contribution in [0.1, 0.15) is 12.5 Å². The van der Waals surface area contributed by atoms with E-state index in [0.717, 1.165) is 88.1 Å². The van der Waals surface area contributed by atoms with Crippen LogP contribution in [-0.4, -0.2) is 15.0 Å². The lowest BCUT2D eigenvalue weighted by Gasteiger charge is -2.09. The first kappa shape index (κ1) is 28.3. The van der Waals surface area contributed by atoms with E-state index in [4.69, 9.17) is 15.0 Å². The van der Waals surface area contributed by atoms with Gasteiger partial charge in [0, 0.05) is 38.1 Å². The van der Waals surface area contributed by atoms with Crippen LogP contribution in [-0.2, 0) is 0 Å². The molecule has 3 nitrogen and oxygen atoms in total. The first-order valence-corrected chi connectivity index (χ1v) is 15.8. The van der Waals surface area contributed by atoms with Gasteiger partial charge in [0.2, 0.25) is 0 Å². The van der Waals surface area contributed by atoms with Crippen LogP contribution in [0.4, 0.5) is 0 Å². The van der Waals surface area contributed by atoms with Crippen LogP contribution in [0.2, 0.25) is 0 Å². The molecule has 0 atom stereocenters. The topological polar surface area (TPSA) is 38.7 Å². The number of rotatable bonds is 5. The summed E-state index contributed by atoms with van der Waals surface area (Å²) >= 11 is 0. The maximum atomic E-state index is 5.17. The van der Waals surface area contributed by atoms with Gasteiger partial charge in [0.25, 0.3) is 0 Å². The molecule has 0 radical (unpaired) electrons. The normalized spacial score (nSPS) is 12.3. The molecule has 8 rings (SSSR count). The minimum Gasteiger partial charge on any atom is -0.247 e. The molecule has 0 N–H and O–H groups in total. The summed E-state index contributed by atoms with van der Waals surface area (Å²) in [5.41, 5.74) is 11.1. The Bertz CT molecular complexity index is 2590. The van der Waals surface area contributed by atoms with Crippen LogP contribution in [0.15, 0.2) is 152 Å². The van der Waals surface area contributed by atoms with E-state index < -0.39 is 0 Å². The molecule has 8 aromatic rings. The highest BCUT2D eigenvalue weighted by Crippen LogP contribution is 2.29. The SMILES string of the molecule is C=c1/c(=C\C=C(C)c2cccc(-c3ccc4ccc5ccc(-c6ccccc6)nc5c4n3)c2)ccc2ccc(-c3ccccc3)nc12. The lowest BCUT2D eigenvalue weighted by Crippen LogP contribution is -2.24. The lowest BCUT2D eigenvalue weighted by atomic mass is 10.0. The van der Waals surface area contributed by atoms with Crippen LogP contribution in [0.3, 0.4) is 0 Å². The minimum absolute atomic E-state index is 0.909. The highest BCUT2D eigenvalue weighted by Gasteiger charge is 2.10. The average molecular weight is 602 g/mol. The third kappa shape index (κ3) is 5.49. The largest absolute Gasteiger partial charge is 0.247 e. The number of fused-ring (bicyclic) bond motifs is 4. The van der Waals surface area contributed by atoms with Crippen molar-refractivity contribution < 1.29 is 0 Å². The number of pyridine rings is 3. The molecule has 0 saturated carbocycles. The second-order valence-corrected chi connectivity index (χ2v) is 11.8. The molecule has 0 spiro atoms. The fraction of sp³-hybridized carbons (Fsp3) is 0.0227. The van der Waals surface area contributed by atoms with Gasteiger partial charge in [-0.1, -0.05) is 140 Å². The highest BCUT2D eigenvalue weighted by atomic mass is 14.8. The zero-order valence-electron chi connectivity index (χ0n) is 26.1. The smallest absolute Gasteiger partial charge is 0.0972 e. The second kappa shape index (κ2) is 12.0. The number of hydrogen-bond donors (Lipinski definition) is 0. The van der Waals surface area contributed by atoms with Gasteiger partial charge >= 0.3 is 0 Å². The van der Waals surface area contributed by atoms with Crippen molar-refractivity contribution in [1.29, 1.82) is 0 Å². The summed E-state index contributed by atoms with van der Waals surface area (Å²) in [5, 5.41) is 5.22. The molecule has 0 aliphatic rings. The molecule has 0 fully saturated rings. The Kier molecular flexibility index (Phi) is 7.20. The van der Waals surface area contributed by atoms with E-state index in [0.29, 0.717) is 0 Å². The molecule has 0 bridgehead atoms. The minimum atomic E-state index is 0.909. The van der Waals surface area contributed by atoms with E-state index in [1.807, 2.05) is 36.4 Å². The van der Waals surface area contributed by atoms with Crippen molar-refractivity contribution in [3.63, 3.8) is 0 Å². The molecule has 3 heteroatoms. The summed E-state index contributed by atoms with van der Waals surface area (Å²) in [5.74, 6) is 0. The fourth-order valence-corrected chi connectivity index (χ4v) is 6.12. The summed E-state index contributed by atoms with van der Waals surface area (Å²) < 4.78 is 0. The van der Waals surface area contributed by atoms with Crippen molar-refractivity contribution in [3.8, 4) is 33.8 Å². The Labute approximate surface area is 273 Å². The van der Waals surface area contributed by atoms with Crippen LogP contribution in [0, 0.1) is 0 Å². The highest BCUT2D eigenvalue weighted by molar-refractivity contribution is 6.04. The molecule has 5 aromatic carbocycles. The Morgan fingerprint density at radius 1 is 0.489 bits per heavy atom. The third-order valence-electron chi connectivity index (χ3n) is 8.79. The standard InChI is InChI=1S/C44H31N3/c1-29(16-17-31-18-19-34-22-25-39(45-42(34)30(31)2)32-10-5-3-6-11-32)37-14-9-15-38(28-37)41-27-24-36-21-20-35-23-26-40(33-12-7-4-8-13-33)46-43(35)44(36)47-41/h3-28H,2H2,1H3/b29-16?,31-17-. The van der Waals surface area contributed by atoms with E-state index in [-0.39, 0.29) is 0 Å². The van der Waals surface area contributed by atoms with Gasteiger partial charge in [-0.15, -0.1) is 0 Å². The van der Waals surface area contributed by atoms with Crippen molar-refractivity contribution in [1.82, 2.24) is 15.0 Å². The molecule has 3 heterocycles. The first-order valence-electron chi connectivity index (χ1n) is 15.8.